The van der Waals surface area contributed by atoms with Gasteiger partial charge in [-0.15, -0.1) is 0 Å². The maximum Gasteiger partial charge on any atom is 0.222 e. The van der Waals surface area contributed by atoms with Crippen LogP contribution < -0.4 is 0 Å². The largest absolute Gasteiger partial charge is 0.338 e. The molecule has 1 amide bonds. The molecule has 1 heterocycles. The Balaban J connectivity index is 2.09. The van der Waals surface area contributed by atoms with Crippen LogP contribution in [0.4, 0.5) is 4.39 Å². The number of rotatable bonds is 3. The molecule has 0 aliphatic carbocycles. The minimum atomic E-state index is -0.272. The second kappa shape index (κ2) is 6.51. The highest BCUT2D eigenvalue weighted by atomic mass is 79.9. The van der Waals surface area contributed by atoms with Crippen LogP contribution in [0.5, 0.6) is 0 Å². The van der Waals surface area contributed by atoms with Gasteiger partial charge in [-0.1, -0.05) is 25.5 Å². The summed E-state index contributed by atoms with van der Waals surface area (Å²) in [4.78, 5) is 13.9. The molecule has 1 saturated heterocycles. The number of hydrogen-bond donors (Lipinski definition) is 0. The minimum absolute atomic E-state index is 0.187. The van der Waals surface area contributed by atoms with Crippen LogP contribution in [0.15, 0.2) is 22.7 Å². The molecule has 0 bridgehead atoms. The zero-order valence-corrected chi connectivity index (χ0v) is 12.7. The number of hydrogen-bond acceptors (Lipinski definition) is 1. The standard InChI is InChI=1S/C15H19BrFNO/c1-2-11-6-7-14(19)18(9-8-11)10-12-4-3-5-13(17)15(12)16/h3-5,11H,2,6-10H2,1H3. The molecule has 0 spiro atoms. The van der Waals surface area contributed by atoms with Crippen LogP contribution in [-0.4, -0.2) is 17.4 Å². The average Bonchev–Trinajstić information content (AvgIpc) is 2.58. The van der Waals surface area contributed by atoms with Crippen molar-refractivity contribution in [2.24, 2.45) is 5.92 Å². The molecule has 104 valence electrons. The molecule has 1 aliphatic heterocycles. The molecule has 2 nitrogen and oxygen atoms in total. The highest BCUT2D eigenvalue weighted by Crippen LogP contribution is 2.25. The van der Waals surface area contributed by atoms with Crippen molar-refractivity contribution in [2.75, 3.05) is 6.54 Å². The third-order valence-electron chi connectivity index (χ3n) is 3.90. The second-order valence-electron chi connectivity index (χ2n) is 5.13. The monoisotopic (exact) mass is 327 g/mol. The first-order valence-corrected chi connectivity index (χ1v) is 7.61. The maximum atomic E-state index is 13.5. The summed E-state index contributed by atoms with van der Waals surface area (Å²) in [6.07, 6.45) is 3.78. The SMILES string of the molecule is CCC1CCC(=O)N(Cc2cccc(F)c2Br)CC1. The molecule has 0 saturated carbocycles. The van der Waals surface area contributed by atoms with E-state index in [1.807, 2.05) is 11.0 Å². The quantitative estimate of drug-likeness (QED) is 0.817. The highest BCUT2D eigenvalue weighted by molar-refractivity contribution is 9.10. The van der Waals surface area contributed by atoms with Crippen molar-refractivity contribution in [2.45, 2.75) is 39.2 Å². The van der Waals surface area contributed by atoms with Gasteiger partial charge in [-0.25, -0.2) is 4.39 Å². The summed E-state index contributed by atoms with van der Waals surface area (Å²) in [6.45, 7) is 3.45. The summed E-state index contributed by atoms with van der Waals surface area (Å²) in [5, 5.41) is 0. The summed E-state index contributed by atoms with van der Waals surface area (Å²) < 4.78 is 13.9. The van der Waals surface area contributed by atoms with E-state index in [1.54, 1.807) is 6.07 Å². The van der Waals surface area contributed by atoms with E-state index < -0.39 is 0 Å². The Morgan fingerprint density at radius 3 is 2.95 bits per heavy atom. The van der Waals surface area contributed by atoms with Crippen LogP contribution in [0.3, 0.4) is 0 Å². The van der Waals surface area contributed by atoms with Crippen LogP contribution in [0.1, 0.15) is 38.2 Å². The summed E-state index contributed by atoms with van der Waals surface area (Å²) in [7, 11) is 0. The van der Waals surface area contributed by atoms with E-state index in [-0.39, 0.29) is 11.7 Å². The molecule has 2 rings (SSSR count). The second-order valence-corrected chi connectivity index (χ2v) is 5.92. The van der Waals surface area contributed by atoms with Gasteiger partial charge in [0, 0.05) is 19.5 Å². The van der Waals surface area contributed by atoms with E-state index in [4.69, 9.17) is 0 Å². The number of carbonyl (C=O) groups excluding carboxylic acids is 1. The van der Waals surface area contributed by atoms with Gasteiger partial charge < -0.3 is 4.90 Å². The van der Waals surface area contributed by atoms with Crippen molar-refractivity contribution in [3.63, 3.8) is 0 Å². The van der Waals surface area contributed by atoms with Gasteiger partial charge in [0.05, 0.1) is 4.47 Å². The van der Waals surface area contributed by atoms with Gasteiger partial charge in [0.25, 0.3) is 0 Å². The molecule has 19 heavy (non-hydrogen) atoms. The molecular weight excluding hydrogens is 309 g/mol. The van der Waals surface area contributed by atoms with Gasteiger partial charge in [-0.3, -0.25) is 4.79 Å². The van der Waals surface area contributed by atoms with Gasteiger partial charge in [0.15, 0.2) is 0 Å². The molecule has 4 heteroatoms. The van der Waals surface area contributed by atoms with Crippen LogP contribution >= 0.6 is 15.9 Å². The number of benzene rings is 1. The third kappa shape index (κ3) is 3.56. The Morgan fingerprint density at radius 2 is 2.21 bits per heavy atom. The topological polar surface area (TPSA) is 20.3 Å². The van der Waals surface area contributed by atoms with Gasteiger partial charge in [-0.2, -0.15) is 0 Å². The first-order chi connectivity index (χ1) is 9.11. The minimum Gasteiger partial charge on any atom is -0.338 e. The van der Waals surface area contributed by atoms with E-state index >= 15 is 0 Å². The van der Waals surface area contributed by atoms with Crippen molar-refractivity contribution in [3.8, 4) is 0 Å². The number of likely N-dealkylation sites (tertiary alicyclic amines) is 1. The molecule has 0 N–H and O–H groups in total. The Morgan fingerprint density at radius 1 is 1.42 bits per heavy atom. The van der Waals surface area contributed by atoms with Crippen molar-refractivity contribution in [1.29, 1.82) is 0 Å². The lowest BCUT2D eigenvalue weighted by Crippen LogP contribution is -2.30. The molecule has 1 aliphatic rings. The number of nitrogens with zero attached hydrogens (tertiary/aromatic N) is 1. The Kier molecular flexibility index (Phi) is 4.97. The normalized spacial score (nSPS) is 20.5. The van der Waals surface area contributed by atoms with Crippen LogP contribution in [0.2, 0.25) is 0 Å². The van der Waals surface area contributed by atoms with E-state index in [9.17, 15) is 9.18 Å². The van der Waals surface area contributed by atoms with Crippen LogP contribution in [0.25, 0.3) is 0 Å². The first kappa shape index (κ1) is 14.5. The average molecular weight is 328 g/mol. The molecule has 0 radical (unpaired) electrons. The molecule has 1 atom stereocenters. The lowest BCUT2D eigenvalue weighted by atomic mass is 9.98. The Bertz CT molecular complexity index is 463. The third-order valence-corrected chi connectivity index (χ3v) is 4.78. The molecular formula is C15H19BrFNO. The lowest BCUT2D eigenvalue weighted by Gasteiger charge is -2.21. The highest BCUT2D eigenvalue weighted by Gasteiger charge is 2.22. The van der Waals surface area contributed by atoms with E-state index in [0.717, 1.165) is 31.4 Å². The first-order valence-electron chi connectivity index (χ1n) is 6.82. The van der Waals surface area contributed by atoms with Gasteiger partial charge in [0.1, 0.15) is 5.82 Å². The van der Waals surface area contributed by atoms with Crippen molar-refractivity contribution in [3.05, 3.63) is 34.1 Å². The fraction of sp³-hybridized carbons (Fsp3) is 0.533. The van der Waals surface area contributed by atoms with Crippen molar-refractivity contribution >= 4 is 21.8 Å². The summed E-state index contributed by atoms with van der Waals surface area (Å²) in [6, 6.07) is 4.97. The van der Waals surface area contributed by atoms with Gasteiger partial charge in [-0.05, 0) is 46.3 Å². The van der Waals surface area contributed by atoms with Crippen LogP contribution in [0, 0.1) is 11.7 Å². The zero-order valence-electron chi connectivity index (χ0n) is 11.2. The number of halogens is 2. The maximum absolute atomic E-state index is 13.5. The predicted molar refractivity (Wildman–Crippen MR) is 77.1 cm³/mol. The van der Waals surface area contributed by atoms with Crippen LogP contribution in [-0.2, 0) is 11.3 Å². The summed E-state index contributed by atoms with van der Waals surface area (Å²) in [5.74, 6) is 0.559. The van der Waals surface area contributed by atoms with E-state index in [1.165, 1.54) is 6.07 Å². The van der Waals surface area contributed by atoms with E-state index in [0.29, 0.717) is 23.4 Å². The van der Waals surface area contributed by atoms with E-state index in [2.05, 4.69) is 22.9 Å². The lowest BCUT2D eigenvalue weighted by molar-refractivity contribution is -0.131. The molecule has 0 aromatic heterocycles. The Labute approximate surface area is 122 Å². The predicted octanol–water partition coefficient (Wildman–Crippen LogP) is 4.13. The van der Waals surface area contributed by atoms with Gasteiger partial charge >= 0.3 is 0 Å². The molecule has 1 aromatic carbocycles. The number of amides is 1. The van der Waals surface area contributed by atoms with Crippen molar-refractivity contribution in [1.82, 2.24) is 4.90 Å². The smallest absolute Gasteiger partial charge is 0.222 e. The fourth-order valence-electron chi connectivity index (χ4n) is 2.54. The molecule has 1 fully saturated rings. The molecule has 1 unspecified atom stereocenters. The summed E-state index contributed by atoms with van der Waals surface area (Å²) in [5.41, 5.74) is 0.836. The Hall–Kier alpha value is -0.900. The summed E-state index contributed by atoms with van der Waals surface area (Å²) >= 11 is 3.26. The fourth-order valence-corrected chi connectivity index (χ4v) is 2.93. The van der Waals surface area contributed by atoms with Gasteiger partial charge in [0.2, 0.25) is 5.91 Å². The zero-order chi connectivity index (χ0) is 13.8. The molecule has 1 aromatic rings. The van der Waals surface area contributed by atoms with Crippen molar-refractivity contribution < 1.29 is 9.18 Å². The number of carbonyl (C=O) groups is 1.